The van der Waals surface area contributed by atoms with E-state index < -0.39 is 16.4 Å². The summed E-state index contributed by atoms with van der Waals surface area (Å²) in [4.78, 5) is 21.1. The van der Waals surface area contributed by atoms with Crippen LogP contribution in [0.4, 0.5) is 15.8 Å². The topological polar surface area (TPSA) is 93.5 Å². The molecule has 0 aliphatic carbocycles. The summed E-state index contributed by atoms with van der Waals surface area (Å²) in [5.41, 5.74) is -0.305. The van der Waals surface area contributed by atoms with Gasteiger partial charge >= 0.3 is 5.69 Å². The Kier molecular flexibility index (Phi) is 4.02. The predicted molar refractivity (Wildman–Crippen MR) is 69.3 cm³/mol. The third-order valence-corrected chi connectivity index (χ3v) is 3.09. The number of halogens is 1. The third kappa shape index (κ3) is 2.95. The molecule has 1 heterocycles. The van der Waals surface area contributed by atoms with Gasteiger partial charge in [-0.25, -0.2) is 4.39 Å². The molecule has 8 heteroatoms. The number of hydrogen-bond donors (Lipinski definition) is 2. The normalized spacial score (nSPS) is 18.3. The Morgan fingerprint density at radius 3 is 2.85 bits per heavy atom. The van der Waals surface area contributed by atoms with E-state index in [0.29, 0.717) is 19.4 Å². The van der Waals surface area contributed by atoms with Gasteiger partial charge in [0.05, 0.1) is 23.8 Å². The van der Waals surface area contributed by atoms with Crippen LogP contribution in [-0.4, -0.2) is 30.5 Å². The molecule has 20 heavy (non-hydrogen) atoms. The Bertz CT molecular complexity index is 540. The smallest absolute Gasteiger partial charge is 0.313 e. The fraction of sp³-hybridized carbons (Fsp3) is 0.417. The number of rotatable bonds is 4. The van der Waals surface area contributed by atoms with E-state index in [1.54, 1.807) is 0 Å². The lowest BCUT2D eigenvalue weighted by Crippen LogP contribution is -2.42. The zero-order valence-corrected chi connectivity index (χ0v) is 10.8. The van der Waals surface area contributed by atoms with Crippen molar-refractivity contribution < 1.29 is 18.8 Å². The van der Waals surface area contributed by atoms with Crippen molar-refractivity contribution in [1.29, 1.82) is 0 Å². The first-order valence-electron chi connectivity index (χ1n) is 6.06. The minimum Gasteiger partial charge on any atom is -0.490 e. The summed E-state index contributed by atoms with van der Waals surface area (Å²) in [6.07, 6.45) is 0.938. The Balaban J connectivity index is 2.19. The lowest BCUT2D eigenvalue weighted by Gasteiger charge is -2.24. The van der Waals surface area contributed by atoms with Crippen LogP contribution in [0.15, 0.2) is 12.1 Å². The van der Waals surface area contributed by atoms with Gasteiger partial charge in [0.1, 0.15) is 0 Å². The molecular formula is C12H14FN3O4. The van der Waals surface area contributed by atoms with Gasteiger partial charge in [-0.3, -0.25) is 14.9 Å². The minimum atomic E-state index is -0.727. The Morgan fingerprint density at radius 1 is 1.55 bits per heavy atom. The molecule has 1 amide bonds. The van der Waals surface area contributed by atoms with E-state index in [0.717, 1.165) is 6.07 Å². The van der Waals surface area contributed by atoms with E-state index in [9.17, 15) is 19.3 Å². The molecule has 0 aromatic heterocycles. The maximum atomic E-state index is 13.8. The van der Waals surface area contributed by atoms with E-state index >= 15 is 0 Å². The first kappa shape index (κ1) is 14.0. The zero-order chi connectivity index (χ0) is 14.7. The second kappa shape index (κ2) is 5.72. The summed E-state index contributed by atoms with van der Waals surface area (Å²) in [7, 11) is 1.28. The average molecular weight is 283 g/mol. The number of hydrogen-bond acceptors (Lipinski definition) is 5. The van der Waals surface area contributed by atoms with E-state index in [-0.39, 0.29) is 23.4 Å². The van der Waals surface area contributed by atoms with Crippen LogP contribution in [0.2, 0.25) is 0 Å². The molecule has 1 saturated heterocycles. The quantitative estimate of drug-likeness (QED) is 0.644. The first-order valence-corrected chi connectivity index (χ1v) is 6.06. The minimum absolute atomic E-state index is 0.0151. The molecule has 2 N–H and O–H groups in total. The van der Waals surface area contributed by atoms with Gasteiger partial charge in [0.25, 0.3) is 0 Å². The van der Waals surface area contributed by atoms with Crippen LogP contribution in [0.5, 0.6) is 5.75 Å². The van der Waals surface area contributed by atoms with Crippen LogP contribution >= 0.6 is 0 Å². The number of anilines is 1. The van der Waals surface area contributed by atoms with Crippen LogP contribution in [0, 0.1) is 15.9 Å². The summed E-state index contributed by atoms with van der Waals surface area (Å²) < 4.78 is 18.7. The number of methoxy groups -OCH3 is 1. The second-order valence-electron chi connectivity index (χ2n) is 4.45. The molecule has 1 aromatic rings. The van der Waals surface area contributed by atoms with Crippen molar-refractivity contribution in [2.75, 3.05) is 19.0 Å². The van der Waals surface area contributed by atoms with Gasteiger partial charge in [-0.05, 0) is 6.42 Å². The van der Waals surface area contributed by atoms with Crippen molar-refractivity contribution >= 4 is 17.3 Å². The largest absolute Gasteiger partial charge is 0.490 e. The maximum Gasteiger partial charge on any atom is 0.313 e. The Morgan fingerprint density at radius 2 is 2.30 bits per heavy atom. The number of nitro benzene ring substituents is 1. The zero-order valence-electron chi connectivity index (χ0n) is 10.8. The fourth-order valence-electron chi connectivity index (χ4n) is 2.04. The number of benzene rings is 1. The van der Waals surface area contributed by atoms with Crippen molar-refractivity contribution in [2.45, 2.75) is 18.9 Å². The van der Waals surface area contributed by atoms with Gasteiger partial charge in [0.15, 0.2) is 11.6 Å². The lowest BCUT2D eigenvalue weighted by molar-refractivity contribution is -0.385. The molecule has 1 unspecified atom stereocenters. The van der Waals surface area contributed by atoms with Crippen molar-refractivity contribution in [3.05, 3.63) is 28.1 Å². The number of nitro groups is 1. The van der Waals surface area contributed by atoms with Gasteiger partial charge in [-0.15, -0.1) is 0 Å². The number of nitrogens with one attached hydrogen (secondary N) is 2. The summed E-state index contributed by atoms with van der Waals surface area (Å²) in [5.74, 6) is -0.780. The highest BCUT2D eigenvalue weighted by atomic mass is 19.1. The SMILES string of the molecule is COc1cc(NC2CCC(=O)NC2)c(F)cc1[N+](=O)[O-]. The van der Waals surface area contributed by atoms with Crippen LogP contribution in [0.25, 0.3) is 0 Å². The standard InChI is InChI=1S/C12H14FN3O4/c1-20-11-5-9(8(13)4-10(11)16(18)19)15-7-2-3-12(17)14-6-7/h4-5,7,15H,2-3,6H2,1H3,(H,14,17). The maximum absolute atomic E-state index is 13.8. The molecule has 1 aromatic carbocycles. The van der Waals surface area contributed by atoms with Gasteiger partial charge in [0.2, 0.25) is 5.91 Å². The Hall–Kier alpha value is -2.38. The predicted octanol–water partition coefficient (Wildman–Crippen LogP) is 1.43. The summed E-state index contributed by atoms with van der Waals surface area (Å²) in [6.45, 7) is 0.386. The third-order valence-electron chi connectivity index (χ3n) is 3.09. The average Bonchev–Trinajstić information content (AvgIpc) is 2.42. The van der Waals surface area contributed by atoms with E-state index in [1.165, 1.54) is 13.2 Å². The summed E-state index contributed by atoms with van der Waals surface area (Å²) in [6, 6.07) is 1.96. The number of carbonyl (C=O) groups excluding carboxylic acids is 1. The van der Waals surface area contributed by atoms with Crippen molar-refractivity contribution in [3.8, 4) is 5.75 Å². The summed E-state index contributed by atoms with van der Waals surface area (Å²) >= 11 is 0. The Labute approximate surface area is 114 Å². The molecule has 0 radical (unpaired) electrons. The highest BCUT2D eigenvalue weighted by Crippen LogP contribution is 2.32. The van der Waals surface area contributed by atoms with Crippen LogP contribution < -0.4 is 15.4 Å². The van der Waals surface area contributed by atoms with E-state index in [2.05, 4.69) is 10.6 Å². The van der Waals surface area contributed by atoms with Crippen LogP contribution in [0.3, 0.4) is 0 Å². The number of piperidine rings is 1. The molecule has 0 spiro atoms. The highest BCUT2D eigenvalue weighted by molar-refractivity contribution is 5.77. The molecule has 1 atom stereocenters. The number of nitrogens with zero attached hydrogens (tertiary/aromatic N) is 1. The van der Waals surface area contributed by atoms with Crippen molar-refractivity contribution in [1.82, 2.24) is 5.32 Å². The first-order chi connectivity index (χ1) is 9.51. The summed E-state index contributed by atoms with van der Waals surface area (Å²) in [5, 5.41) is 16.3. The van der Waals surface area contributed by atoms with Gasteiger partial charge in [-0.2, -0.15) is 0 Å². The number of ether oxygens (including phenoxy) is 1. The molecule has 1 aliphatic heterocycles. The lowest BCUT2D eigenvalue weighted by atomic mass is 10.1. The molecule has 108 valence electrons. The van der Waals surface area contributed by atoms with Gasteiger partial charge in [0, 0.05) is 25.1 Å². The monoisotopic (exact) mass is 283 g/mol. The second-order valence-corrected chi connectivity index (χ2v) is 4.45. The molecular weight excluding hydrogens is 269 g/mol. The highest BCUT2D eigenvalue weighted by Gasteiger charge is 2.22. The molecule has 0 bridgehead atoms. The number of carbonyl (C=O) groups is 1. The molecule has 0 saturated carbocycles. The fourth-order valence-corrected chi connectivity index (χ4v) is 2.04. The van der Waals surface area contributed by atoms with E-state index in [4.69, 9.17) is 4.74 Å². The van der Waals surface area contributed by atoms with Crippen LogP contribution in [-0.2, 0) is 4.79 Å². The molecule has 1 fully saturated rings. The number of amides is 1. The van der Waals surface area contributed by atoms with Crippen LogP contribution in [0.1, 0.15) is 12.8 Å². The van der Waals surface area contributed by atoms with Crippen molar-refractivity contribution in [3.63, 3.8) is 0 Å². The molecule has 2 rings (SSSR count). The molecule has 1 aliphatic rings. The van der Waals surface area contributed by atoms with Crippen molar-refractivity contribution in [2.24, 2.45) is 0 Å². The van der Waals surface area contributed by atoms with E-state index in [1.807, 2.05) is 0 Å². The van der Waals surface area contributed by atoms with Gasteiger partial charge < -0.3 is 15.4 Å². The van der Waals surface area contributed by atoms with Gasteiger partial charge in [-0.1, -0.05) is 0 Å². The molecule has 7 nitrogen and oxygen atoms in total.